The van der Waals surface area contributed by atoms with E-state index < -0.39 is 4.92 Å². The molecule has 1 saturated carbocycles. The van der Waals surface area contributed by atoms with Crippen molar-refractivity contribution < 1.29 is 9.66 Å². The summed E-state index contributed by atoms with van der Waals surface area (Å²) >= 11 is 0. The van der Waals surface area contributed by atoms with Crippen molar-refractivity contribution in [1.29, 1.82) is 0 Å². The molecule has 1 aromatic rings. The van der Waals surface area contributed by atoms with Crippen LogP contribution in [0, 0.1) is 15.5 Å². The van der Waals surface area contributed by atoms with E-state index in [-0.39, 0.29) is 29.1 Å². The molecule has 0 saturated heterocycles. The van der Waals surface area contributed by atoms with Crippen LogP contribution in [0.4, 0.5) is 17.3 Å². The monoisotopic (exact) mass is 266 g/mol. The molecule has 0 aliphatic heterocycles. The molecule has 1 aliphatic carbocycles. The molecule has 3 N–H and O–H groups in total. The number of methoxy groups -OCH3 is 1. The summed E-state index contributed by atoms with van der Waals surface area (Å²) in [5.74, 6) is 0.478. The fourth-order valence-electron chi connectivity index (χ4n) is 2.41. The van der Waals surface area contributed by atoms with Gasteiger partial charge in [-0.25, -0.2) is 4.98 Å². The van der Waals surface area contributed by atoms with Crippen molar-refractivity contribution in [2.24, 2.45) is 5.41 Å². The fraction of sp³-hybridized carbons (Fsp3) is 0.583. The van der Waals surface area contributed by atoms with E-state index in [1.165, 1.54) is 6.07 Å². The third kappa shape index (κ3) is 2.33. The lowest BCUT2D eigenvalue weighted by Gasteiger charge is -2.51. The van der Waals surface area contributed by atoms with Crippen LogP contribution < -0.4 is 11.1 Å². The molecule has 1 aromatic heterocycles. The Bertz CT molecular complexity index is 504. The summed E-state index contributed by atoms with van der Waals surface area (Å²) < 4.78 is 5.37. The van der Waals surface area contributed by atoms with Gasteiger partial charge in [0, 0.05) is 24.6 Å². The molecule has 2 rings (SSSR count). The number of hydrogen-bond acceptors (Lipinski definition) is 6. The molecule has 0 bridgehead atoms. The van der Waals surface area contributed by atoms with E-state index in [1.54, 1.807) is 13.2 Å². The summed E-state index contributed by atoms with van der Waals surface area (Å²) in [6.07, 6.45) is 1.09. The molecule has 1 heterocycles. The Balaban J connectivity index is 2.09. The molecule has 0 amide bonds. The Labute approximate surface area is 111 Å². The zero-order chi connectivity index (χ0) is 14.2. The van der Waals surface area contributed by atoms with Crippen molar-refractivity contribution in [3.63, 3.8) is 0 Å². The van der Waals surface area contributed by atoms with Gasteiger partial charge >= 0.3 is 5.69 Å². The van der Waals surface area contributed by atoms with Crippen molar-refractivity contribution >= 4 is 17.3 Å². The van der Waals surface area contributed by atoms with E-state index in [2.05, 4.69) is 24.1 Å². The van der Waals surface area contributed by atoms with Gasteiger partial charge in [-0.2, -0.15) is 0 Å². The molecular formula is C12H18N4O3. The number of nitro groups is 1. The van der Waals surface area contributed by atoms with Gasteiger partial charge in [-0.15, -0.1) is 0 Å². The van der Waals surface area contributed by atoms with Crippen molar-refractivity contribution in [3.8, 4) is 0 Å². The smallest absolute Gasteiger partial charge is 0.311 e. The number of nitrogens with two attached hydrogens (primary N) is 1. The van der Waals surface area contributed by atoms with E-state index in [1.807, 2.05) is 0 Å². The second-order valence-corrected chi connectivity index (χ2v) is 5.34. The number of rotatable bonds is 4. The second kappa shape index (κ2) is 4.65. The first-order chi connectivity index (χ1) is 8.86. The van der Waals surface area contributed by atoms with Crippen molar-refractivity contribution in [1.82, 2.24) is 4.98 Å². The van der Waals surface area contributed by atoms with Crippen LogP contribution >= 0.6 is 0 Å². The zero-order valence-corrected chi connectivity index (χ0v) is 11.2. The summed E-state index contributed by atoms with van der Waals surface area (Å²) in [5, 5.41) is 13.9. The normalized spacial score (nSPS) is 24.6. The third-order valence-corrected chi connectivity index (χ3v) is 3.88. The van der Waals surface area contributed by atoms with Gasteiger partial charge < -0.3 is 15.8 Å². The first-order valence-corrected chi connectivity index (χ1v) is 6.06. The van der Waals surface area contributed by atoms with Gasteiger partial charge in [0.15, 0.2) is 0 Å². The molecule has 2 atom stereocenters. The minimum absolute atomic E-state index is 0.00698. The van der Waals surface area contributed by atoms with Crippen LogP contribution in [0.1, 0.15) is 20.3 Å². The third-order valence-electron chi connectivity index (χ3n) is 3.88. The quantitative estimate of drug-likeness (QED) is 0.636. The molecule has 0 radical (unpaired) electrons. The first kappa shape index (κ1) is 13.5. The van der Waals surface area contributed by atoms with E-state index in [0.29, 0.717) is 5.82 Å². The SMILES string of the molecule is COC1CC(Nc2ccc([N+](=O)[O-])c(N)n2)C1(C)C. The van der Waals surface area contributed by atoms with Crippen molar-refractivity contribution in [2.75, 3.05) is 18.2 Å². The van der Waals surface area contributed by atoms with E-state index in [0.717, 1.165) is 6.42 Å². The Morgan fingerprint density at radius 1 is 1.58 bits per heavy atom. The maximum atomic E-state index is 10.7. The lowest BCUT2D eigenvalue weighted by atomic mass is 9.64. The number of hydrogen-bond donors (Lipinski definition) is 2. The molecule has 1 fully saturated rings. The Hall–Kier alpha value is -1.89. The molecule has 104 valence electrons. The predicted octanol–water partition coefficient (Wildman–Crippen LogP) is 1.80. The predicted molar refractivity (Wildman–Crippen MR) is 71.9 cm³/mol. The van der Waals surface area contributed by atoms with Gasteiger partial charge in [0.25, 0.3) is 0 Å². The van der Waals surface area contributed by atoms with Gasteiger partial charge in [-0.3, -0.25) is 10.1 Å². The lowest BCUT2D eigenvalue weighted by Crippen LogP contribution is -2.57. The zero-order valence-electron chi connectivity index (χ0n) is 11.2. The van der Waals surface area contributed by atoms with Gasteiger partial charge in [0.1, 0.15) is 5.82 Å². The lowest BCUT2D eigenvalue weighted by molar-refractivity contribution is -0.384. The van der Waals surface area contributed by atoms with Crippen molar-refractivity contribution in [3.05, 3.63) is 22.2 Å². The summed E-state index contributed by atoms with van der Waals surface area (Å²) in [4.78, 5) is 14.1. The largest absolute Gasteiger partial charge is 0.381 e. The molecule has 7 heteroatoms. The summed E-state index contributed by atoms with van der Waals surface area (Å²) in [5.41, 5.74) is 5.38. The standard InChI is InChI=1S/C12H18N4O3/c1-12(2)8(6-9(12)19-3)14-10-5-4-7(16(17)18)11(13)15-10/h4-5,8-9H,6H2,1-3H3,(H3,13,14,15). The maximum Gasteiger partial charge on any atom is 0.311 e. The average Bonchev–Trinajstić information content (AvgIpc) is 2.33. The molecule has 0 aromatic carbocycles. The molecular weight excluding hydrogens is 248 g/mol. The summed E-state index contributed by atoms with van der Waals surface area (Å²) in [7, 11) is 1.70. The number of nitrogens with zero attached hydrogens (tertiary/aromatic N) is 2. The van der Waals surface area contributed by atoms with E-state index in [4.69, 9.17) is 10.5 Å². The van der Waals surface area contributed by atoms with Crippen LogP contribution in [0.25, 0.3) is 0 Å². The Morgan fingerprint density at radius 2 is 2.26 bits per heavy atom. The van der Waals surface area contributed by atoms with Crippen LogP contribution in [0.15, 0.2) is 12.1 Å². The Morgan fingerprint density at radius 3 is 2.74 bits per heavy atom. The number of nitrogens with one attached hydrogen (secondary N) is 1. The number of aromatic nitrogens is 1. The van der Waals surface area contributed by atoms with Crippen molar-refractivity contribution in [2.45, 2.75) is 32.4 Å². The highest BCUT2D eigenvalue weighted by Gasteiger charge is 2.48. The minimum atomic E-state index is -0.541. The minimum Gasteiger partial charge on any atom is -0.381 e. The second-order valence-electron chi connectivity index (χ2n) is 5.34. The highest BCUT2D eigenvalue weighted by atomic mass is 16.6. The number of anilines is 2. The molecule has 19 heavy (non-hydrogen) atoms. The number of pyridine rings is 1. The molecule has 0 spiro atoms. The Kier molecular flexibility index (Phi) is 3.32. The highest BCUT2D eigenvalue weighted by Crippen LogP contribution is 2.43. The fourth-order valence-corrected chi connectivity index (χ4v) is 2.41. The van der Waals surface area contributed by atoms with Crippen LogP contribution in [-0.2, 0) is 4.74 Å². The number of ether oxygens (including phenoxy) is 1. The van der Waals surface area contributed by atoms with E-state index in [9.17, 15) is 10.1 Å². The highest BCUT2D eigenvalue weighted by molar-refractivity contribution is 5.57. The van der Waals surface area contributed by atoms with Gasteiger partial charge in [-0.05, 0) is 12.5 Å². The van der Waals surface area contributed by atoms with Crippen LogP contribution in [0.5, 0.6) is 0 Å². The van der Waals surface area contributed by atoms with Gasteiger partial charge in [0.05, 0.1) is 11.0 Å². The summed E-state index contributed by atoms with van der Waals surface area (Å²) in [6.45, 7) is 4.22. The maximum absolute atomic E-state index is 10.7. The molecule has 2 unspecified atom stereocenters. The average molecular weight is 266 g/mol. The van der Waals surface area contributed by atoms with Crippen LogP contribution in [0.2, 0.25) is 0 Å². The molecule has 1 aliphatic rings. The summed E-state index contributed by atoms with van der Waals surface area (Å²) in [6, 6.07) is 3.15. The first-order valence-electron chi connectivity index (χ1n) is 6.06. The number of nitrogen functional groups attached to an aromatic ring is 1. The van der Waals surface area contributed by atoms with Crippen LogP contribution in [-0.4, -0.2) is 29.2 Å². The van der Waals surface area contributed by atoms with E-state index >= 15 is 0 Å². The van der Waals surface area contributed by atoms with Gasteiger partial charge in [-0.1, -0.05) is 13.8 Å². The molecule has 7 nitrogen and oxygen atoms in total. The van der Waals surface area contributed by atoms with Crippen LogP contribution in [0.3, 0.4) is 0 Å². The topological polar surface area (TPSA) is 103 Å². The van der Waals surface area contributed by atoms with Gasteiger partial charge in [0.2, 0.25) is 5.82 Å².